The Bertz CT molecular complexity index is 797. The minimum absolute atomic E-state index is 0.00559. The minimum Gasteiger partial charge on any atom is -0.481 e. The molecule has 3 rings (SSSR count). The van der Waals surface area contributed by atoms with Crippen LogP contribution in [0.1, 0.15) is 19.5 Å². The fraction of sp³-hybridized carbons (Fsp3) is 0.333. The van der Waals surface area contributed by atoms with Gasteiger partial charge in [0.1, 0.15) is 5.75 Å². The van der Waals surface area contributed by atoms with Gasteiger partial charge in [-0.05, 0) is 26.0 Å². The number of amides is 3. The van der Waals surface area contributed by atoms with E-state index < -0.39 is 0 Å². The van der Waals surface area contributed by atoms with Gasteiger partial charge in [-0.25, -0.2) is 4.79 Å². The van der Waals surface area contributed by atoms with Crippen LogP contribution in [0.15, 0.2) is 36.8 Å². The first-order valence-electron chi connectivity index (χ1n) is 8.46. The van der Waals surface area contributed by atoms with Gasteiger partial charge in [0, 0.05) is 49.4 Å². The molecule has 26 heavy (non-hydrogen) atoms. The number of anilines is 2. The Morgan fingerprint density at radius 2 is 2.23 bits per heavy atom. The van der Waals surface area contributed by atoms with Crippen LogP contribution in [-0.2, 0) is 11.2 Å². The molecule has 3 amide bonds. The highest BCUT2D eigenvalue weighted by Crippen LogP contribution is 2.34. The van der Waals surface area contributed by atoms with E-state index in [4.69, 9.17) is 4.74 Å². The Hall–Kier alpha value is -3.16. The summed E-state index contributed by atoms with van der Waals surface area (Å²) in [6, 6.07) is 4.82. The van der Waals surface area contributed by atoms with E-state index in [9.17, 15) is 9.59 Å². The molecular formula is C18H21N5O3. The number of fused-ring (bicyclic) bond motifs is 1. The Balaban J connectivity index is 1.60. The van der Waals surface area contributed by atoms with Crippen LogP contribution >= 0.6 is 0 Å². The Kier molecular flexibility index (Phi) is 5.31. The predicted molar refractivity (Wildman–Crippen MR) is 97.3 cm³/mol. The standard InChI is InChI=1S/C18H21N5O3/c1-3-23-15-5-4-13(9-16(15)26-11-17(23)24)22-18(25)21-12(2)8-14-10-19-6-7-20-14/h4-7,9-10,12H,3,8,11H2,1-2H3,(H2,21,22,25). The van der Waals surface area contributed by atoms with Gasteiger partial charge < -0.3 is 20.3 Å². The van der Waals surface area contributed by atoms with Crippen LogP contribution in [0.2, 0.25) is 0 Å². The van der Waals surface area contributed by atoms with Crippen molar-refractivity contribution < 1.29 is 14.3 Å². The third kappa shape index (κ3) is 4.08. The summed E-state index contributed by atoms with van der Waals surface area (Å²) in [6.07, 6.45) is 5.50. The molecule has 1 aliphatic rings. The number of carbonyl (C=O) groups is 2. The molecule has 1 aromatic carbocycles. The van der Waals surface area contributed by atoms with Crippen molar-refractivity contribution in [1.82, 2.24) is 15.3 Å². The smallest absolute Gasteiger partial charge is 0.319 e. The lowest BCUT2D eigenvalue weighted by molar-refractivity contribution is -0.121. The van der Waals surface area contributed by atoms with E-state index in [1.165, 1.54) is 0 Å². The zero-order chi connectivity index (χ0) is 18.5. The van der Waals surface area contributed by atoms with Gasteiger partial charge >= 0.3 is 6.03 Å². The van der Waals surface area contributed by atoms with Gasteiger partial charge in [-0.2, -0.15) is 0 Å². The Morgan fingerprint density at radius 1 is 1.38 bits per heavy atom. The SMILES string of the molecule is CCN1C(=O)COc2cc(NC(=O)NC(C)Cc3cnccn3)ccc21. The molecule has 0 spiro atoms. The van der Waals surface area contributed by atoms with Crippen LogP contribution in [0.4, 0.5) is 16.2 Å². The number of benzene rings is 1. The largest absolute Gasteiger partial charge is 0.481 e. The maximum Gasteiger partial charge on any atom is 0.319 e. The summed E-state index contributed by atoms with van der Waals surface area (Å²) in [7, 11) is 0. The Labute approximate surface area is 151 Å². The first-order valence-corrected chi connectivity index (χ1v) is 8.46. The molecule has 0 fully saturated rings. The van der Waals surface area contributed by atoms with Crippen molar-refractivity contribution in [3.63, 3.8) is 0 Å². The van der Waals surface area contributed by atoms with Crippen LogP contribution in [0.3, 0.4) is 0 Å². The maximum absolute atomic E-state index is 12.2. The summed E-state index contributed by atoms with van der Waals surface area (Å²) in [5.41, 5.74) is 2.12. The summed E-state index contributed by atoms with van der Waals surface area (Å²) in [6.45, 7) is 4.38. The van der Waals surface area contributed by atoms with Gasteiger partial charge in [-0.15, -0.1) is 0 Å². The lowest BCUT2D eigenvalue weighted by Crippen LogP contribution is -2.39. The molecule has 1 atom stereocenters. The van der Waals surface area contributed by atoms with Crippen molar-refractivity contribution >= 4 is 23.3 Å². The average Bonchev–Trinajstić information content (AvgIpc) is 2.62. The zero-order valence-corrected chi connectivity index (χ0v) is 14.7. The van der Waals surface area contributed by atoms with Gasteiger partial charge in [0.2, 0.25) is 0 Å². The summed E-state index contributed by atoms with van der Waals surface area (Å²) < 4.78 is 5.47. The summed E-state index contributed by atoms with van der Waals surface area (Å²) >= 11 is 0. The molecule has 0 radical (unpaired) electrons. The van der Waals surface area contributed by atoms with E-state index in [0.717, 1.165) is 5.69 Å². The fourth-order valence-electron chi connectivity index (χ4n) is 2.82. The van der Waals surface area contributed by atoms with Crippen molar-refractivity contribution in [1.29, 1.82) is 0 Å². The Morgan fingerprint density at radius 3 is 2.96 bits per heavy atom. The number of aromatic nitrogens is 2. The second kappa shape index (κ2) is 7.81. The third-order valence-electron chi connectivity index (χ3n) is 3.99. The van der Waals surface area contributed by atoms with E-state index in [2.05, 4.69) is 20.6 Å². The van der Waals surface area contributed by atoms with Crippen molar-refractivity contribution in [3.05, 3.63) is 42.5 Å². The topological polar surface area (TPSA) is 96.5 Å². The molecule has 2 aromatic rings. The van der Waals surface area contributed by atoms with E-state index >= 15 is 0 Å². The third-order valence-corrected chi connectivity index (χ3v) is 3.99. The lowest BCUT2D eigenvalue weighted by atomic mass is 10.2. The molecule has 0 aliphatic carbocycles. The molecular weight excluding hydrogens is 334 g/mol. The van der Waals surface area contributed by atoms with Gasteiger partial charge in [0.15, 0.2) is 6.61 Å². The molecule has 1 unspecified atom stereocenters. The molecule has 0 saturated heterocycles. The molecule has 136 valence electrons. The first kappa shape index (κ1) is 17.7. The summed E-state index contributed by atoms with van der Waals surface area (Å²) in [5, 5.41) is 5.64. The summed E-state index contributed by atoms with van der Waals surface area (Å²) in [4.78, 5) is 33.9. The number of carbonyl (C=O) groups excluding carboxylic acids is 2. The van der Waals surface area contributed by atoms with Crippen molar-refractivity contribution in [2.24, 2.45) is 0 Å². The number of ether oxygens (including phenoxy) is 1. The molecule has 0 bridgehead atoms. The highest BCUT2D eigenvalue weighted by Gasteiger charge is 2.24. The monoisotopic (exact) mass is 355 g/mol. The van der Waals surface area contributed by atoms with Crippen LogP contribution < -0.4 is 20.3 Å². The molecule has 0 saturated carbocycles. The van der Waals surface area contributed by atoms with Crippen LogP contribution in [-0.4, -0.2) is 41.1 Å². The number of nitrogens with one attached hydrogen (secondary N) is 2. The van der Waals surface area contributed by atoms with Gasteiger partial charge in [-0.1, -0.05) is 0 Å². The molecule has 1 aliphatic heterocycles. The average molecular weight is 355 g/mol. The second-order valence-corrected chi connectivity index (χ2v) is 6.01. The van der Waals surface area contributed by atoms with Gasteiger partial charge in [0.05, 0.1) is 11.4 Å². The zero-order valence-electron chi connectivity index (χ0n) is 14.7. The number of likely N-dealkylation sites (N-methyl/N-ethyl adjacent to an activating group) is 1. The van der Waals surface area contributed by atoms with E-state index in [1.807, 2.05) is 13.8 Å². The maximum atomic E-state index is 12.2. The van der Waals surface area contributed by atoms with Crippen molar-refractivity contribution in [2.45, 2.75) is 26.3 Å². The number of hydrogen-bond acceptors (Lipinski definition) is 5. The number of rotatable bonds is 5. The number of nitrogens with zero attached hydrogens (tertiary/aromatic N) is 3. The molecule has 8 nitrogen and oxygen atoms in total. The minimum atomic E-state index is -0.319. The van der Waals surface area contributed by atoms with E-state index in [0.29, 0.717) is 30.1 Å². The van der Waals surface area contributed by atoms with Crippen LogP contribution in [0, 0.1) is 0 Å². The summed E-state index contributed by atoms with van der Waals surface area (Å²) in [5.74, 6) is 0.508. The van der Waals surface area contributed by atoms with Crippen LogP contribution in [0.25, 0.3) is 0 Å². The van der Waals surface area contributed by atoms with Gasteiger partial charge in [0.25, 0.3) is 5.91 Å². The molecule has 2 heterocycles. The number of urea groups is 1. The molecule has 1 aromatic heterocycles. The quantitative estimate of drug-likeness (QED) is 0.855. The van der Waals surface area contributed by atoms with E-state index in [1.54, 1.807) is 41.7 Å². The number of hydrogen-bond donors (Lipinski definition) is 2. The van der Waals surface area contributed by atoms with Crippen molar-refractivity contribution in [2.75, 3.05) is 23.4 Å². The molecule has 2 N–H and O–H groups in total. The van der Waals surface area contributed by atoms with E-state index in [-0.39, 0.29) is 24.6 Å². The highest BCUT2D eigenvalue weighted by molar-refractivity contribution is 5.98. The fourth-order valence-corrected chi connectivity index (χ4v) is 2.82. The highest BCUT2D eigenvalue weighted by atomic mass is 16.5. The van der Waals surface area contributed by atoms with Gasteiger partial charge in [-0.3, -0.25) is 14.8 Å². The lowest BCUT2D eigenvalue weighted by Gasteiger charge is -2.28. The predicted octanol–water partition coefficient (Wildman–Crippen LogP) is 1.97. The second-order valence-electron chi connectivity index (χ2n) is 6.01. The normalized spacial score (nSPS) is 14.2. The first-order chi connectivity index (χ1) is 12.6. The van der Waals surface area contributed by atoms with Crippen LogP contribution in [0.5, 0.6) is 5.75 Å². The van der Waals surface area contributed by atoms with Crippen molar-refractivity contribution in [3.8, 4) is 5.75 Å². The molecule has 8 heteroatoms.